The van der Waals surface area contributed by atoms with E-state index in [2.05, 4.69) is 230 Å². The first-order valence-corrected chi connectivity index (χ1v) is 25.8. The third kappa shape index (κ3) is 7.69. The van der Waals surface area contributed by atoms with Crippen LogP contribution < -0.4 is 26.0 Å². The fourth-order valence-corrected chi connectivity index (χ4v) is 11.8. The molecule has 2 heterocycles. The lowest BCUT2D eigenvalue weighted by molar-refractivity contribution is 0.486. The van der Waals surface area contributed by atoms with Crippen LogP contribution >= 0.6 is 0 Å². The van der Waals surface area contributed by atoms with Crippen LogP contribution in [0.25, 0.3) is 22.3 Å². The van der Waals surface area contributed by atoms with E-state index in [1.54, 1.807) is 0 Å². The van der Waals surface area contributed by atoms with Crippen molar-refractivity contribution >= 4 is 40.2 Å². The predicted octanol–water partition coefficient (Wildman–Crippen LogP) is 15.9. The van der Waals surface area contributed by atoms with Crippen LogP contribution in [-0.4, -0.2) is 6.71 Å². The Morgan fingerprint density at radius 1 is 0.435 bits per heavy atom. The van der Waals surface area contributed by atoms with E-state index in [-0.39, 0.29) is 39.7 Å². The van der Waals surface area contributed by atoms with E-state index in [0.29, 0.717) is 0 Å². The van der Waals surface area contributed by atoms with Crippen molar-refractivity contribution in [2.45, 2.75) is 156 Å². The Morgan fingerprint density at radius 3 is 1.57 bits per heavy atom. The summed E-state index contributed by atoms with van der Waals surface area (Å²) < 4.78 is 7.22. The molecule has 0 saturated heterocycles. The monoisotopic (exact) mass is 906 g/mol. The number of ether oxygens (including phenoxy) is 1. The summed E-state index contributed by atoms with van der Waals surface area (Å²) in [5, 5.41) is 0. The SMILES string of the molecule is CC(C)(C)c1ccc(-c2cc3c4c(c2)N(c2ccc(C(C)(C)C)cc2)c2cc5c(cc2B4c2cc(C(C)(C)C)ccc2O3)-c2cc3c(cc2C5c2cc(C(C)(C)C)cc(C(C)(C)C)c2)CCC3)cc1. The fraction of sp³-hybridized carbons (Fsp3) is 0.364. The molecule has 0 saturated carbocycles. The molecule has 7 aromatic carbocycles. The van der Waals surface area contributed by atoms with Crippen LogP contribution in [-0.2, 0) is 39.9 Å². The van der Waals surface area contributed by atoms with Crippen LogP contribution in [0.5, 0.6) is 11.5 Å². The highest BCUT2D eigenvalue weighted by atomic mass is 16.5. The lowest BCUT2D eigenvalue weighted by atomic mass is 9.33. The topological polar surface area (TPSA) is 12.5 Å². The summed E-state index contributed by atoms with van der Waals surface area (Å²) in [5.41, 5.74) is 26.7. The van der Waals surface area contributed by atoms with E-state index >= 15 is 0 Å². The molecule has 2 aliphatic heterocycles. The Morgan fingerprint density at radius 2 is 0.971 bits per heavy atom. The minimum absolute atomic E-state index is 0.00137. The summed E-state index contributed by atoms with van der Waals surface area (Å²) in [4.78, 5) is 2.60. The van der Waals surface area contributed by atoms with Crippen molar-refractivity contribution in [2.75, 3.05) is 4.90 Å². The molecule has 350 valence electrons. The first kappa shape index (κ1) is 45.6. The van der Waals surface area contributed by atoms with Crippen LogP contribution in [0.4, 0.5) is 17.1 Å². The summed E-state index contributed by atoms with van der Waals surface area (Å²) in [6.45, 7) is 35.0. The predicted molar refractivity (Wildman–Crippen MR) is 296 cm³/mol. The maximum absolute atomic E-state index is 7.22. The van der Waals surface area contributed by atoms with Gasteiger partial charge in [-0.25, -0.2) is 0 Å². The van der Waals surface area contributed by atoms with Gasteiger partial charge in [0.1, 0.15) is 11.5 Å². The van der Waals surface area contributed by atoms with Gasteiger partial charge in [0, 0.05) is 23.0 Å². The van der Waals surface area contributed by atoms with Crippen molar-refractivity contribution in [3.63, 3.8) is 0 Å². The van der Waals surface area contributed by atoms with Crippen molar-refractivity contribution in [1.82, 2.24) is 0 Å². The Kier molecular flexibility index (Phi) is 10.2. The molecule has 11 rings (SSSR count). The molecule has 0 amide bonds. The number of nitrogens with zero attached hydrogens (tertiary/aromatic N) is 1. The summed E-state index contributed by atoms with van der Waals surface area (Å²) in [6, 6.07) is 48.5. The minimum Gasteiger partial charge on any atom is -0.458 e. The molecule has 1 unspecified atom stereocenters. The molecular formula is C66H72BNO. The van der Waals surface area contributed by atoms with Gasteiger partial charge in [0.15, 0.2) is 0 Å². The van der Waals surface area contributed by atoms with Gasteiger partial charge in [0.25, 0.3) is 6.71 Å². The van der Waals surface area contributed by atoms with Crippen LogP contribution in [0.2, 0.25) is 0 Å². The molecule has 0 N–H and O–H groups in total. The maximum Gasteiger partial charge on any atom is 0.256 e. The van der Waals surface area contributed by atoms with E-state index in [0.717, 1.165) is 35.6 Å². The molecule has 4 aliphatic rings. The second-order valence-electron chi connectivity index (χ2n) is 26.2. The Hall–Kier alpha value is -5.80. The molecule has 2 nitrogen and oxygen atoms in total. The molecule has 7 aromatic rings. The maximum atomic E-state index is 7.22. The highest BCUT2D eigenvalue weighted by Gasteiger charge is 2.45. The van der Waals surface area contributed by atoms with Crippen LogP contribution in [0.15, 0.2) is 121 Å². The molecule has 69 heavy (non-hydrogen) atoms. The normalized spacial score (nSPS) is 16.1. The van der Waals surface area contributed by atoms with E-state index in [9.17, 15) is 0 Å². The summed E-state index contributed by atoms with van der Waals surface area (Å²) in [5.74, 6) is 1.99. The standard InChI is InChI=1S/C66H72BNO/c1-62(2,3)44-21-19-39(20-22-44)42-33-57-61-59(34-42)69-58-28-25-46(64(7,8)9)36-55(58)67(61)54-37-51-50-31-40-17-16-18-41(40)32-52(50)60(43-29-47(65(10,11)12)35-48(30-43)66(13,14)15)53(51)38-56(54)68(57)49-26-23-45(24-27-49)63(4,5)6/h19-38,60H,16-18H2,1-15H3. The molecule has 0 bridgehead atoms. The first-order valence-electron chi connectivity index (χ1n) is 25.8. The van der Waals surface area contributed by atoms with Gasteiger partial charge in [0.2, 0.25) is 0 Å². The van der Waals surface area contributed by atoms with E-state index < -0.39 is 0 Å². The average Bonchev–Trinajstić information content (AvgIpc) is 3.86. The van der Waals surface area contributed by atoms with Crippen molar-refractivity contribution in [3.05, 3.63) is 177 Å². The van der Waals surface area contributed by atoms with Crippen molar-refractivity contribution in [1.29, 1.82) is 0 Å². The molecule has 0 spiro atoms. The van der Waals surface area contributed by atoms with Gasteiger partial charge in [0.05, 0.1) is 0 Å². The summed E-state index contributed by atoms with van der Waals surface area (Å²) >= 11 is 0. The second kappa shape index (κ2) is 15.4. The average molecular weight is 906 g/mol. The highest BCUT2D eigenvalue weighted by molar-refractivity contribution is 6.99. The number of aryl methyl sites for hydroxylation is 2. The second-order valence-corrected chi connectivity index (χ2v) is 26.2. The third-order valence-corrected chi connectivity index (χ3v) is 16.1. The first-order chi connectivity index (χ1) is 32.3. The van der Waals surface area contributed by atoms with E-state index in [4.69, 9.17) is 4.74 Å². The Balaban J connectivity index is 1.23. The zero-order valence-corrected chi connectivity index (χ0v) is 44.2. The number of hydrogen-bond donors (Lipinski definition) is 0. The van der Waals surface area contributed by atoms with Crippen molar-refractivity contribution in [2.24, 2.45) is 0 Å². The molecule has 0 fully saturated rings. The molecule has 3 heteroatoms. The Bertz CT molecular complexity index is 3190. The highest BCUT2D eigenvalue weighted by Crippen LogP contribution is 2.54. The van der Waals surface area contributed by atoms with Crippen LogP contribution in [0.1, 0.15) is 172 Å². The molecular weight excluding hydrogens is 834 g/mol. The zero-order chi connectivity index (χ0) is 48.9. The van der Waals surface area contributed by atoms with E-state index in [1.807, 2.05) is 0 Å². The lowest BCUT2D eigenvalue weighted by Crippen LogP contribution is -2.59. The molecule has 0 aromatic heterocycles. The minimum atomic E-state index is -0.0302. The van der Waals surface area contributed by atoms with Gasteiger partial charge in [-0.05, 0) is 177 Å². The van der Waals surface area contributed by atoms with Crippen molar-refractivity contribution in [3.8, 4) is 33.8 Å². The van der Waals surface area contributed by atoms with Gasteiger partial charge < -0.3 is 9.64 Å². The van der Waals surface area contributed by atoms with Crippen LogP contribution in [0, 0.1) is 0 Å². The molecule has 0 radical (unpaired) electrons. The largest absolute Gasteiger partial charge is 0.458 e. The zero-order valence-electron chi connectivity index (χ0n) is 44.2. The van der Waals surface area contributed by atoms with Gasteiger partial charge in [-0.3, -0.25) is 0 Å². The Labute approximate surface area is 414 Å². The van der Waals surface area contributed by atoms with Gasteiger partial charge in [-0.1, -0.05) is 189 Å². The van der Waals surface area contributed by atoms with Gasteiger partial charge in [-0.15, -0.1) is 0 Å². The van der Waals surface area contributed by atoms with Crippen molar-refractivity contribution < 1.29 is 4.74 Å². The number of benzene rings is 7. The summed E-state index contributed by atoms with van der Waals surface area (Å²) in [7, 11) is 0. The number of hydrogen-bond acceptors (Lipinski definition) is 2. The lowest BCUT2D eigenvalue weighted by Gasteiger charge is -2.41. The number of anilines is 3. The summed E-state index contributed by atoms with van der Waals surface area (Å²) in [6.07, 6.45) is 3.54. The van der Waals surface area contributed by atoms with Gasteiger partial charge in [-0.2, -0.15) is 0 Å². The van der Waals surface area contributed by atoms with Crippen LogP contribution in [0.3, 0.4) is 0 Å². The third-order valence-electron chi connectivity index (χ3n) is 16.1. The number of fused-ring (bicyclic) bond motifs is 8. The van der Waals surface area contributed by atoms with E-state index in [1.165, 1.54) is 107 Å². The van der Waals surface area contributed by atoms with Gasteiger partial charge >= 0.3 is 0 Å². The smallest absolute Gasteiger partial charge is 0.256 e. The fourth-order valence-electron chi connectivity index (χ4n) is 11.8. The molecule has 1 atom stereocenters. The number of rotatable bonds is 3. The molecule has 2 aliphatic carbocycles. The quantitative estimate of drug-likeness (QED) is 0.164.